The zero-order chi connectivity index (χ0) is 12.7. The first-order valence-corrected chi connectivity index (χ1v) is 5.48. The first kappa shape index (κ1) is 11.5. The Kier molecular flexibility index (Phi) is 2.71. The van der Waals surface area contributed by atoms with Crippen LogP contribution in [0.15, 0.2) is 12.5 Å². The van der Waals surface area contributed by atoms with Gasteiger partial charge in [-0.3, -0.25) is 0 Å². The van der Waals surface area contributed by atoms with Crippen LogP contribution in [-0.4, -0.2) is 60.2 Å². The Bertz CT molecular complexity index is 560. The van der Waals surface area contributed by atoms with Crippen molar-refractivity contribution in [3.8, 4) is 0 Å². The third-order valence-electron chi connectivity index (χ3n) is 2.95. The predicted octanol–water partition coefficient (Wildman–Crippen LogP) is -1.49. The van der Waals surface area contributed by atoms with Crippen LogP contribution < -0.4 is 0 Å². The number of aliphatic hydroxyl groups is 3. The van der Waals surface area contributed by atoms with Crippen LogP contribution in [0.4, 0.5) is 0 Å². The second-order valence-electron chi connectivity index (χ2n) is 4.17. The quantitative estimate of drug-likeness (QED) is 0.487. The van der Waals surface area contributed by atoms with Crippen LogP contribution >= 0.6 is 0 Å². The molecule has 1 saturated heterocycles. The molecule has 2 aromatic heterocycles. The van der Waals surface area contributed by atoms with Gasteiger partial charge in [0.1, 0.15) is 29.9 Å². The number of nitrogens with one attached hydrogen (secondary N) is 1. The number of rotatable bonds is 1. The van der Waals surface area contributed by atoms with Crippen LogP contribution in [0.5, 0.6) is 0 Å². The topological polar surface area (TPSA) is 124 Å². The molecule has 1 unspecified atom stereocenters. The van der Waals surface area contributed by atoms with Gasteiger partial charge in [-0.1, -0.05) is 0 Å². The molecule has 1 fully saturated rings. The molecular formula is C10H12N4O4. The van der Waals surface area contributed by atoms with Crippen LogP contribution in [0.3, 0.4) is 0 Å². The number of H-pyrrole nitrogens is 1. The van der Waals surface area contributed by atoms with Crippen LogP contribution in [0, 0.1) is 0 Å². The summed E-state index contributed by atoms with van der Waals surface area (Å²) in [7, 11) is 0. The van der Waals surface area contributed by atoms with E-state index in [0.29, 0.717) is 11.2 Å². The first-order valence-electron chi connectivity index (χ1n) is 5.48. The van der Waals surface area contributed by atoms with E-state index in [4.69, 9.17) is 4.74 Å². The number of aromatic nitrogens is 4. The van der Waals surface area contributed by atoms with Gasteiger partial charge in [-0.15, -0.1) is 0 Å². The Labute approximate surface area is 101 Å². The Morgan fingerprint density at radius 2 is 2.06 bits per heavy atom. The molecule has 0 bridgehead atoms. The molecule has 3 rings (SSSR count). The molecule has 18 heavy (non-hydrogen) atoms. The number of ether oxygens (including phenoxy) is 1. The van der Waals surface area contributed by atoms with Crippen molar-refractivity contribution < 1.29 is 20.1 Å². The fraction of sp³-hybridized carbons (Fsp3) is 0.500. The third-order valence-corrected chi connectivity index (χ3v) is 2.95. The molecule has 3 heterocycles. The van der Waals surface area contributed by atoms with Crippen molar-refractivity contribution in [1.29, 1.82) is 0 Å². The summed E-state index contributed by atoms with van der Waals surface area (Å²) < 4.78 is 5.26. The van der Waals surface area contributed by atoms with Gasteiger partial charge >= 0.3 is 0 Å². The maximum atomic E-state index is 9.84. The number of fused-ring (bicyclic) bond motifs is 1. The molecule has 0 radical (unpaired) electrons. The standard InChI is InChI=1S/C10H12N4O4/c15-5-2-18-8(7(17)6(5)16)10-11-1-4-9(14-10)13-3-12-4/h1,3,5-8,15-17H,2H2,(H,11,12,13,14)/t5-,6-,7-,8?/m1/s1. The van der Waals surface area contributed by atoms with E-state index >= 15 is 0 Å². The zero-order valence-electron chi connectivity index (χ0n) is 9.26. The van der Waals surface area contributed by atoms with Crippen LogP contribution in [0.1, 0.15) is 11.9 Å². The largest absolute Gasteiger partial charge is 0.388 e. The number of nitrogens with zero attached hydrogens (tertiary/aromatic N) is 3. The molecule has 8 nitrogen and oxygen atoms in total. The van der Waals surface area contributed by atoms with Gasteiger partial charge in [0.15, 0.2) is 11.5 Å². The highest BCUT2D eigenvalue weighted by molar-refractivity contribution is 5.68. The summed E-state index contributed by atoms with van der Waals surface area (Å²) in [6, 6.07) is 0. The molecule has 2 aromatic rings. The van der Waals surface area contributed by atoms with Gasteiger partial charge < -0.3 is 25.0 Å². The molecule has 96 valence electrons. The van der Waals surface area contributed by atoms with Crippen molar-refractivity contribution in [2.75, 3.05) is 6.61 Å². The highest BCUT2D eigenvalue weighted by Gasteiger charge is 2.39. The van der Waals surface area contributed by atoms with Gasteiger partial charge in [0.2, 0.25) is 0 Å². The molecule has 4 atom stereocenters. The average molecular weight is 252 g/mol. The molecule has 1 aliphatic rings. The van der Waals surface area contributed by atoms with E-state index in [1.165, 1.54) is 12.5 Å². The Morgan fingerprint density at radius 1 is 1.22 bits per heavy atom. The average Bonchev–Trinajstić information content (AvgIpc) is 2.83. The monoisotopic (exact) mass is 252 g/mol. The lowest BCUT2D eigenvalue weighted by atomic mass is 9.99. The lowest BCUT2D eigenvalue weighted by Crippen LogP contribution is -2.49. The number of aromatic amines is 1. The lowest BCUT2D eigenvalue weighted by molar-refractivity contribution is -0.191. The molecule has 8 heteroatoms. The van der Waals surface area contributed by atoms with E-state index in [-0.39, 0.29) is 12.4 Å². The highest BCUT2D eigenvalue weighted by Crippen LogP contribution is 2.27. The molecule has 1 aliphatic heterocycles. The number of imidazole rings is 1. The molecule has 0 aromatic carbocycles. The minimum atomic E-state index is -1.28. The number of hydrogen-bond donors (Lipinski definition) is 4. The lowest BCUT2D eigenvalue weighted by Gasteiger charge is -2.34. The van der Waals surface area contributed by atoms with E-state index in [0.717, 1.165) is 0 Å². The summed E-state index contributed by atoms with van der Waals surface area (Å²) in [6.07, 6.45) is -1.51. The predicted molar refractivity (Wildman–Crippen MR) is 58.4 cm³/mol. The Morgan fingerprint density at radius 3 is 2.89 bits per heavy atom. The maximum absolute atomic E-state index is 9.84. The number of aliphatic hydroxyl groups excluding tert-OH is 3. The zero-order valence-corrected chi connectivity index (χ0v) is 9.26. The van der Waals surface area contributed by atoms with Crippen molar-refractivity contribution in [2.24, 2.45) is 0 Å². The van der Waals surface area contributed by atoms with Gasteiger partial charge in [-0.25, -0.2) is 15.0 Å². The van der Waals surface area contributed by atoms with E-state index in [9.17, 15) is 15.3 Å². The Balaban J connectivity index is 1.93. The molecule has 0 aliphatic carbocycles. The van der Waals surface area contributed by atoms with E-state index in [1.54, 1.807) is 0 Å². The molecule has 0 amide bonds. The van der Waals surface area contributed by atoms with Crippen LogP contribution in [0.25, 0.3) is 11.2 Å². The summed E-state index contributed by atoms with van der Waals surface area (Å²) in [4.78, 5) is 15.0. The van der Waals surface area contributed by atoms with Crippen molar-refractivity contribution in [1.82, 2.24) is 19.9 Å². The van der Waals surface area contributed by atoms with E-state index < -0.39 is 24.4 Å². The molecular weight excluding hydrogens is 240 g/mol. The fourth-order valence-electron chi connectivity index (χ4n) is 1.92. The normalized spacial score (nSPS) is 32.8. The van der Waals surface area contributed by atoms with E-state index in [1.807, 2.05) is 0 Å². The minimum Gasteiger partial charge on any atom is -0.388 e. The van der Waals surface area contributed by atoms with Crippen LogP contribution in [-0.2, 0) is 4.74 Å². The molecule has 0 saturated carbocycles. The van der Waals surface area contributed by atoms with Gasteiger partial charge in [0.05, 0.1) is 19.1 Å². The van der Waals surface area contributed by atoms with Crippen molar-refractivity contribution in [3.05, 3.63) is 18.3 Å². The van der Waals surface area contributed by atoms with Crippen molar-refractivity contribution in [3.63, 3.8) is 0 Å². The first-order chi connectivity index (χ1) is 8.66. The summed E-state index contributed by atoms with van der Waals surface area (Å²) >= 11 is 0. The third kappa shape index (κ3) is 1.75. The second-order valence-corrected chi connectivity index (χ2v) is 4.17. The second kappa shape index (κ2) is 4.25. The van der Waals surface area contributed by atoms with Crippen molar-refractivity contribution in [2.45, 2.75) is 24.4 Å². The summed E-state index contributed by atoms with van der Waals surface area (Å²) in [5, 5.41) is 28.8. The van der Waals surface area contributed by atoms with Gasteiger partial charge in [-0.2, -0.15) is 0 Å². The number of hydrogen-bond acceptors (Lipinski definition) is 7. The summed E-state index contributed by atoms with van der Waals surface area (Å²) in [5.41, 5.74) is 1.13. The SMILES string of the molecule is O[C@@H]1[C@H](O)COC(c2ncc3[nH]cnc3n2)[C@@H]1O. The molecule has 4 N–H and O–H groups in total. The summed E-state index contributed by atoms with van der Waals surface area (Å²) in [5.74, 6) is 0.230. The highest BCUT2D eigenvalue weighted by atomic mass is 16.5. The smallest absolute Gasteiger partial charge is 0.180 e. The fourth-order valence-corrected chi connectivity index (χ4v) is 1.92. The molecule has 0 spiro atoms. The minimum absolute atomic E-state index is 0.0785. The van der Waals surface area contributed by atoms with Crippen molar-refractivity contribution >= 4 is 11.2 Å². The van der Waals surface area contributed by atoms with Crippen LogP contribution in [0.2, 0.25) is 0 Å². The van der Waals surface area contributed by atoms with Gasteiger partial charge in [-0.05, 0) is 0 Å². The van der Waals surface area contributed by atoms with E-state index in [2.05, 4.69) is 19.9 Å². The Hall–Kier alpha value is -1.61. The maximum Gasteiger partial charge on any atom is 0.180 e. The van der Waals surface area contributed by atoms with Gasteiger partial charge in [0.25, 0.3) is 0 Å². The van der Waals surface area contributed by atoms with Gasteiger partial charge in [0, 0.05) is 0 Å². The summed E-state index contributed by atoms with van der Waals surface area (Å²) in [6.45, 7) is -0.0785.